The highest BCUT2D eigenvalue weighted by atomic mass is 28.1. The summed E-state index contributed by atoms with van der Waals surface area (Å²) in [4.78, 5) is 0. The summed E-state index contributed by atoms with van der Waals surface area (Å²) in [7, 11) is 0.906. The summed E-state index contributed by atoms with van der Waals surface area (Å²) in [5.74, 6) is -0.00926. The maximum atomic E-state index is 5.65. The van der Waals surface area contributed by atoms with E-state index in [2.05, 4.69) is 0 Å². The Morgan fingerprint density at radius 3 is 1.25 bits per heavy atom. The Balaban J connectivity index is 3.83. The van der Waals surface area contributed by atoms with Gasteiger partial charge in [-0.3, -0.25) is 0 Å². The molecule has 0 unspecified atom stereocenters. The molecule has 74 valence electrons. The smallest absolute Gasteiger partial charge is 0.132 e. The van der Waals surface area contributed by atoms with Crippen LogP contribution in [0, 0.1) is 0 Å². The van der Waals surface area contributed by atoms with Gasteiger partial charge in [0.05, 0.1) is 21.4 Å². The molecule has 0 N–H and O–H groups in total. The van der Waals surface area contributed by atoms with E-state index in [-0.39, 0.29) is 17.1 Å². The topological polar surface area (TPSA) is 18.5 Å². The van der Waals surface area contributed by atoms with Gasteiger partial charge in [0.1, 0.15) is 5.91 Å². The van der Waals surface area contributed by atoms with Gasteiger partial charge in [0, 0.05) is 0 Å². The van der Waals surface area contributed by atoms with Crippen molar-refractivity contribution in [2.75, 3.05) is 0 Å². The second-order valence-corrected chi connectivity index (χ2v) is 5.97. The van der Waals surface area contributed by atoms with Crippen molar-refractivity contribution in [1.82, 2.24) is 0 Å². The van der Waals surface area contributed by atoms with Crippen molar-refractivity contribution in [2.45, 2.75) is 58.7 Å². The fraction of sp³-hybridized carbons (Fsp3) is 1.00. The van der Waals surface area contributed by atoms with Gasteiger partial charge >= 0.3 is 0 Å². The lowest BCUT2D eigenvalue weighted by molar-refractivity contribution is -0.191. The zero-order valence-corrected chi connectivity index (χ0v) is 11.4. The van der Waals surface area contributed by atoms with Crippen LogP contribution in [0.4, 0.5) is 0 Å². The SMILES string of the molecule is CC(C)(C)OC([SiH3])OC(C)(C)C. The van der Waals surface area contributed by atoms with E-state index in [4.69, 9.17) is 9.47 Å². The fourth-order valence-electron chi connectivity index (χ4n) is 1.02. The van der Waals surface area contributed by atoms with Crippen LogP contribution in [0.25, 0.3) is 0 Å². The minimum Gasteiger partial charge on any atom is -0.352 e. The Labute approximate surface area is 79.1 Å². The van der Waals surface area contributed by atoms with Crippen LogP contribution in [0.2, 0.25) is 0 Å². The first-order valence-electron chi connectivity index (χ1n) is 4.46. The molecule has 0 aromatic heterocycles. The first-order chi connectivity index (χ1) is 5.10. The van der Waals surface area contributed by atoms with Crippen molar-refractivity contribution in [3.63, 3.8) is 0 Å². The van der Waals surface area contributed by atoms with Gasteiger partial charge in [-0.25, -0.2) is 0 Å². The molecule has 0 rings (SSSR count). The van der Waals surface area contributed by atoms with Crippen molar-refractivity contribution >= 4 is 10.2 Å². The third-order valence-electron chi connectivity index (χ3n) is 1.04. The molecule has 0 radical (unpaired) electrons. The van der Waals surface area contributed by atoms with E-state index in [1.165, 1.54) is 0 Å². The molecule has 0 amide bonds. The van der Waals surface area contributed by atoms with Crippen LogP contribution in [0.1, 0.15) is 41.5 Å². The first kappa shape index (κ1) is 12.1. The van der Waals surface area contributed by atoms with Crippen LogP contribution < -0.4 is 0 Å². The Hall–Kier alpha value is 0.137. The highest BCUT2D eigenvalue weighted by Gasteiger charge is 2.20. The molecule has 0 fully saturated rings. The second-order valence-electron chi connectivity index (χ2n) is 5.03. The summed E-state index contributed by atoms with van der Waals surface area (Å²) in [6.07, 6.45) is 0. The Kier molecular flexibility index (Phi) is 3.94. The van der Waals surface area contributed by atoms with Crippen LogP contribution >= 0.6 is 0 Å². The molecule has 3 heteroatoms. The van der Waals surface area contributed by atoms with Crippen molar-refractivity contribution in [3.8, 4) is 0 Å². The van der Waals surface area contributed by atoms with Crippen LogP contribution in [-0.2, 0) is 9.47 Å². The van der Waals surface area contributed by atoms with Gasteiger partial charge in [0.15, 0.2) is 0 Å². The van der Waals surface area contributed by atoms with Gasteiger partial charge in [-0.1, -0.05) is 0 Å². The van der Waals surface area contributed by atoms with E-state index < -0.39 is 0 Å². The average molecular weight is 190 g/mol. The number of rotatable bonds is 2. The van der Waals surface area contributed by atoms with Gasteiger partial charge in [-0.15, -0.1) is 0 Å². The molecule has 0 aromatic rings. The largest absolute Gasteiger partial charge is 0.352 e. The molecular formula is C9H22O2Si. The number of hydrogen-bond donors (Lipinski definition) is 0. The van der Waals surface area contributed by atoms with Crippen molar-refractivity contribution in [1.29, 1.82) is 0 Å². The molecule has 0 saturated carbocycles. The monoisotopic (exact) mass is 190 g/mol. The minimum absolute atomic E-state index is 0.00926. The van der Waals surface area contributed by atoms with E-state index in [9.17, 15) is 0 Å². The highest BCUT2D eigenvalue weighted by molar-refractivity contribution is 6.10. The average Bonchev–Trinajstić information content (AvgIpc) is 1.49. The van der Waals surface area contributed by atoms with E-state index in [0.29, 0.717) is 0 Å². The van der Waals surface area contributed by atoms with Crippen LogP contribution in [0.15, 0.2) is 0 Å². The second kappa shape index (κ2) is 3.90. The summed E-state index contributed by atoms with van der Waals surface area (Å²) in [6.45, 7) is 12.3. The normalized spacial score (nSPS) is 14.2. The zero-order valence-electron chi connectivity index (χ0n) is 9.39. The molecule has 0 aliphatic heterocycles. The molecule has 0 heterocycles. The van der Waals surface area contributed by atoms with E-state index in [0.717, 1.165) is 10.2 Å². The highest BCUT2D eigenvalue weighted by Crippen LogP contribution is 2.15. The molecule has 0 aliphatic carbocycles. The number of ether oxygens (including phenoxy) is 2. The Bertz CT molecular complexity index is 116. The van der Waals surface area contributed by atoms with Crippen LogP contribution in [-0.4, -0.2) is 27.4 Å². The van der Waals surface area contributed by atoms with E-state index in [1.54, 1.807) is 0 Å². The van der Waals surface area contributed by atoms with Gasteiger partial charge in [-0.05, 0) is 41.5 Å². The van der Waals surface area contributed by atoms with E-state index >= 15 is 0 Å². The Morgan fingerprint density at radius 1 is 0.833 bits per heavy atom. The third-order valence-corrected chi connectivity index (χ3v) is 1.51. The van der Waals surface area contributed by atoms with E-state index in [1.807, 2.05) is 41.5 Å². The molecule has 0 aromatic carbocycles. The van der Waals surface area contributed by atoms with Crippen LogP contribution in [0.5, 0.6) is 0 Å². The molecule has 0 bridgehead atoms. The van der Waals surface area contributed by atoms with Gasteiger partial charge < -0.3 is 9.47 Å². The zero-order chi connectivity index (χ0) is 9.99. The lowest BCUT2D eigenvalue weighted by Gasteiger charge is -2.30. The van der Waals surface area contributed by atoms with Crippen LogP contribution in [0.3, 0.4) is 0 Å². The lowest BCUT2D eigenvalue weighted by Crippen LogP contribution is -2.35. The molecular weight excluding hydrogens is 168 g/mol. The Morgan fingerprint density at radius 2 is 1.08 bits per heavy atom. The standard InChI is InChI=1S/C9H22O2Si/c1-8(2,3)10-7(12)11-9(4,5)6/h7H,1-6,12H3. The molecule has 12 heavy (non-hydrogen) atoms. The first-order valence-corrected chi connectivity index (χ1v) is 5.61. The predicted octanol–water partition coefficient (Wildman–Crippen LogP) is 1.27. The summed E-state index contributed by atoms with van der Waals surface area (Å²) in [5.41, 5.74) is -0.199. The minimum atomic E-state index is -0.0995. The summed E-state index contributed by atoms with van der Waals surface area (Å²) in [6, 6.07) is 0. The number of hydrogen-bond acceptors (Lipinski definition) is 2. The molecule has 0 atom stereocenters. The molecule has 0 spiro atoms. The quantitative estimate of drug-likeness (QED) is 0.482. The lowest BCUT2D eigenvalue weighted by atomic mass is 10.2. The maximum absolute atomic E-state index is 5.65. The molecule has 2 nitrogen and oxygen atoms in total. The van der Waals surface area contributed by atoms with Crippen molar-refractivity contribution in [3.05, 3.63) is 0 Å². The van der Waals surface area contributed by atoms with Gasteiger partial charge in [-0.2, -0.15) is 0 Å². The predicted molar refractivity (Wildman–Crippen MR) is 55.4 cm³/mol. The van der Waals surface area contributed by atoms with Gasteiger partial charge in [0.2, 0.25) is 0 Å². The molecule has 0 aliphatic rings. The van der Waals surface area contributed by atoms with Crippen molar-refractivity contribution in [2.24, 2.45) is 0 Å². The third kappa shape index (κ3) is 8.24. The summed E-state index contributed by atoms with van der Waals surface area (Å²) in [5, 5.41) is 0. The summed E-state index contributed by atoms with van der Waals surface area (Å²) < 4.78 is 11.3. The summed E-state index contributed by atoms with van der Waals surface area (Å²) >= 11 is 0. The maximum Gasteiger partial charge on any atom is 0.132 e. The van der Waals surface area contributed by atoms with Crippen molar-refractivity contribution < 1.29 is 9.47 Å². The molecule has 0 saturated heterocycles. The van der Waals surface area contributed by atoms with Gasteiger partial charge in [0.25, 0.3) is 0 Å². The fourth-order valence-corrected chi connectivity index (χ4v) is 2.43.